The maximum atomic E-state index is 12.7. The number of nitrogens with one attached hydrogen (secondary N) is 1. The third-order valence-electron chi connectivity index (χ3n) is 2.91. The van der Waals surface area contributed by atoms with Crippen LogP contribution in [-0.4, -0.2) is 24.4 Å². The highest BCUT2D eigenvalue weighted by atomic mass is 35.5. The van der Waals surface area contributed by atoms with Crippen LogP contribution >= 0.6 is 11.6 Å². The lowest BCUT2D eigenvalue weighted by atomic mass is 10.2. The van der Waals surface area contributed by atoms with Crippen LogP contribution in [0.25, 0.3) is 0 Å². The van der Waals surface area contributed by atoms with Crippen LogP contribution in [0.2, 0.25) is 5.02 Å². The summed E-state index contributed by atoms with van der Waals surface area (Å²) in [7, 11) is 0. The number of halogens is 2. The van der Waals surface area contributed by atoms with Gasteiger partial charge in [0, 0.05) is 17.3 Å². The molecule has 5 heteroatoms. The molecule has 112 valence electrons. The first-order valence-electron chi connectivity index (χ1n) is 6.64. The molecule has 2 aromatic carbocycles. The van der Waals surface area contributed by atoms with Crippen LogP contribution in [0.15, 0.2) is 48.5 Å². The van der Waals surface area contributed by atoms with E-state index in [0.717, 1.165) is 11.3 Å². The molecule has 2 aromatic rings. The summed E-state index contributed by atoms with van der Waals surface area (Å²) < 4.78 is 18.2. The van der Waals surface area contributed by atoms with Crippen LogP contribution < -0.4 is 5.32 Å². The van der Waals surface area contributed by atoms with Crippen molar-refractivity contribution < 1.29 is 14.2 Å². The van der Waals surface area contributed by atoms with Gasteiger partial charge in [0.25, 0.3) is 0 Å². The van der Waals surface area contributed by atoms with Crippen molar-refractivity contribution in [3.05, 3.63) is 64.9 Å². The van der Waals surface area contributed by atoms with Crippen LogP contribution in [0.4, 0.5) is 10.1 Å². The molecule has 0 saturated heterocycles. The van der Waals surface area contributed by atoms with E-state index < -0.39 is 6.10 Å². The molecule has 0 aliphatic rings. The number of anilines is 1. The van der Waals surface area contributed by atoms with E-state index in [1.165, 1.54) is 12.1 Å². The number of hydrogen-bond acceptors (Lipinski definition) is 3. The molecule has 2 rings (SSSR count). The van der Waals surface area contributed by atoms with Gasteiger partial charge in [-0.2, -0.15) is 0 Å². The number of aliphatic hydroxyl groups excluding tert-OH is 1. The number of benzene rings is 2. The van der Waals surface area contributed by atoms with Crippen molar-refractivity contribution in [3.8, 4) is 0 Å². The van der Waals surface area contributed by atoms with Gasteiger partial charge in [-0.1, -0.05) is 29.8 Å². The van der Waals surface area contributed by atoms with Crippen molar-refractivity contribution >= 4 is 17.3 Å². The van der Waals surface area contributed by atoms with Gasteiger partial charge in [-0.3, -0.25) is 0 Å². The molecule has 0 aliphatic heterocycles. The monoisotopic (exact) mass is 309 g/mol. The Balaban J connectivity index is 1.69. The van der Waals surface area contributed by atoms with Crippen molar-refractivity contribution in [3.63, 3.8) is 0 Å². The van der Waals surface area contributed by atoms with E-state index >= 15 is 0 Å². The fraction of sp³-hybridized carbons (Fsp3) is 0.250. The predicted molar refractivity (Wildman–Crippen MR) is 82.0 cm³/mol. The molecule has 1 atom stereocenters. The van der Waals surface area contributed by atoms with E-state index in [9.17, 15) is 9.50 Å². The first-order chi connectivity index (χ1) is 10.1. The Labute approximate surface area is 128 Å². The van der Waals surface area contributed by atoms with E-state index in [0.29, 0.717) is 18.2 Å². The Bertz CT molecular complexity index is 562. The summed E-state index contributed by atoms with van der Waals surface area (Å²) >= 11 is 6.01. The molecule has 0 saturated carbocycles. The van der Waals surface area contributed by atoms with Gasteiger partial charge >= 0.3 is 0 Å². The third-order valence-corrected chi connectivity index (χ3v) is 3.28. The van der Waals surface area contributed by atoms with E-state index in [1.54, 1.807) is 18.2 Å². The van der Waals surface area contributed by atoms with Crippen LogP contribution in [-0.2, 0) is 11.3 Å². The van der Waals surface area contributed by atoms with Gasteiger partial charge in [0.2, 0.25) is 0 Å². The zero-order valence-corrected chi connectivity index (χ0v) is 12.2. The van der Waals surface area contributed by atoms with Gasteiger partial charge in [0.05, 0.1) is 19.3 Å². The van der Waals surface area contributed by atoms with E-state index in [2.05, 4.69) is 5.32 Å². The molecule has 0 bridgehead atoms. The minimum Gasteiger partial charge on any atom is -0.389 e. The molecular weight excluding hydrogens is 293 g/mol. The standard InChI is InChI=1S/C16H17ClFNO2/c17-16-4-2-1-3-12(16)10-21-11-15(20)9-19-14-7-5-13(18)6-8-14/h1-8,15,19-20H,9-11H2. The average molecular weight is 310 g/mol. The maximum absolute atomic E-state index is 12.7. The highest BCUT2D eigenvalue weighted by Crippen LogP contribution is 2.15. The fourth-order valence-corrected chi connectivity index (χ4v) is 1.97. The molecule has 0 spiro atoms. The van der Waals surface area contributed by atoms with E-state index in [-0.39, 0.29) is 12.4 Å². The lowest BCUT2D eigenvalue weighted by Crippen LogP contribution is -2.24. The molecule has 0 aliphatic carbocycles. The van der Waals surface area contributed by atoms with Gasteiger partial charge in [0.15, 0.2) is 0 Å². The summed E-state index contributed by atoms with van der Waals surface area (Å²) in [6.07, 6.45) is -0.655. The van der Waals surface area contributed by atoms with Crippen molar-refractivity contribution in [2.45, 2.75) is 12.7 Å². The number of rotatable bonds is 7. The van der Waals surface area contributed by atoms with Gasteiger partial charge in [0.1, 0.15) is 5.82 Å². The van der Waals surface area contributed by atoms with E-state index in [1.807, 2.05) is 18.2 Å². The smallest absolute Gasteiger partial charge is 0.123 e. The van der Waals surface area contributed by atoms with Crippen LogP contribution in [0.1, 0.15) is 5.56 Å². The van der Waals surface area contributed by atoms with Crippen LogP contribution in [0, 0.1) is 5.82 Å². The van der Waals surface area contributed by atoms with Gasteiger partial charge in [-0.25, -0.2) is 4.39 Å². The Kier molecular flexibility index (Phi) is 5.99. The van der Waals surface area contributed by atoms with Gasteiger partial charge < -0.3 is 15.2 Å². The molecule has 0 amide bonds. The number of hydrogen-bond donors (Lipinski definition) is 2. The SMILES string of the molecule is OC(CNc1ccc(F)cc1)COCc1ccccc1Cl. The highest BCUT2D eigenvalue weighted by Gasteiger charge is 2.05. The minimum absolute atomic E-state index is 0.194. The second-order valence-corrected chi connectivity index (χ2v) is 5.06. The maximum Gasteiger partial charge on any atom is 0.123 e. The average Bonchev–Trinajstić information content (AvgIpc) is 2.49. The van der Waals surface area contributed by atoms with Crippen molar-refractivity contribution in [1.82, 2.24) is 0 Å². The van der Waals surface area contributed by atoms with Crippen molar-refractivity contribution in [2.75, 3.05) is 18.5 Å². The second-order valence-electron chi connectivity index (χ2n) is 4.65. The summed E-state index contributed by atoms with van der Waals surface area (Å²) in [4.78, 5) is 0. The normalized spacial score (nSPS) is 12.1. The molecule has 3 nitrogen and oxygen atoms in total. The molecule has 2 N–H and O–H groups in total. The third kappa shape index (κ3) is 5.34. The molecule has 0 heterocycles. The fourth-order valence-electron chi connectivity index (χ4n) is 1.78. The zero-order valence-electron chi connectivity index (χ0n) is 11.4. The minimum atomic E-state index is -0.655. The number of ether oxygens (including phenoxy) is 1. The van der Waals surface area contributed by atoms with Crippen molar-refractivity contribution in [2.24, 2.45) is 0 Å². The predicted octanol–water partition coefficient (Wildman–Crippen LogP) is 3.47. The summed E-state index contributed by atoms with van der Waals surface area (Å²) in [5.74, 6) is -0.288. The van der Waals surface area contributed by atoms with Crippen LogP contribution in [0.3, 0.4) is 0 Å². The molecule has 21 heavy (non-hydrogen) atoms. The molecular formula is C16H17ClFNO2. The largest absolute Gasteiger partial charge is 0.389 e. The molecule has 0 fully saturated rings. The second kappa shape index (κ2) is 7.98. The Morgan fingerprint density at radius 2 is 1.86 bits per heavy atom. The topological polar surface area (TPSA) is 41.5 Å². The molecule has 0 radical (unpaired) electrons. The van der Waals surface area contributed by atoms with Crippen LogP contribution in [0.5, 0.6) is 0 Å². The quantitative estimate of drug-likeness (QED) is 0.823. The zero-order chi connectivity index (χ0) is 15.1. The molecule has 0 aromatic heterocycles. The van der Waals surface area contributed by atoms with Crippen molar-refractivity contribution in [1.29, 1.82) is 0 Å². The van der Waals surface area contributed by atoms with Gasteiger partial charge in [-0.05, 0) is 35.9 Å². The summed E-state index contributed by atoms with van der Waals surface area (Å²) in [6.45, 7) is 0.876. The summed E-state index contributed by atoms with van der Waals surface area (Å²) in [5, 5.41) is 13.5. The van der Waals surface area contributed by atoms with E-state index in [4.69, 9.17) is 16.3 Å². The lowest BCUT2D eigenvalue weighted by Gasteiger charge is -2.13. The Morgan fingerprint density at radius 3 is 2.57 bits per heavy atom. The summed E-state index contributed by atoms with van der Waals surface area (Å²) in [6, 6.07) is 13.4. The molecule has 1 unspecified atom stereocenters. The highest BCUT2D eigenvalue weighted by molar-refractivity contribution is 6.31. The Morgan fingerprint density at radius 1 is 1.14 bits per heavy atom. The lowest BCUT2D eigenvalue weighted by molar-refractivity contribution is 0.0348. The number of aliphatic hydroxyl groups is 1. The first-order valence-corrected chi connectivity index (χ1v) is 7.01. The summed E-state index contributed by atoms with van der Waals surface area (Å²) in [5.41, 5.74) is 1.64. The first kappa shape index (κ1) is 15.8. The van der Waals surface area contributed by atoms with Gasteiger partial charge in [-0.15, -0.1) is 0 Å². The Hall–Kier alpha value is -1.62.